The molecular formula is C14H6Br4Cl2O2. The number of hydrogen-bond acceptors (Lipinski definition) is 2. The molecule has 0 spiro atoms. The van der Waals surface area contributed by atoms with Crippen LogP contribution in [0.2, 0.25) is 10.0 Å². The van der Waals surface area contributed by atoms with E-state index in [9.17, 15) is 10.2 Å². The lowest BCUT2D eigenvalue weighted by Gasteiger charge is -2.15. The van der Waals surface area contributed by atoms with E-state index in [2.05, 4.69) is 70.3 Å². The Labute approximate surface area is 170 Å². The second kappa shape index (κ2) is 7.03. The Morgan fingerprint density at radius 3 is 1.45 bits per heavy atom. The van der Waals surface area contributed by atoms with Crippen LogP contribution >= 0.6 is 86.9 Å². The third-order valence-electron chi connectivity index (χ3n) is 2.92. The number of benzene rings is 2. The third-order valence-corrected chi connectivity index (χ3v) is 6.91. The van der Waals surface area contributed by atoms with Gasteiger partial charge < -0.3 is 10.2 Å². The van der Waals surface area contributed by atoms with Gasteiger partial charge in [-0.05, 0) is 81.4 Å². The Bertz CT molecular complexity index is 741. The molecule has 0 aromatic heterocycles. The van der Waals surface area contributed by atoms with Crippen LogP contribution in [0, 0.1) is 0 Å². The molecule has 2 aromatic rings. The molecule has 0 saturated heterocycles. The average molecular weight is 597 g/mol. The Kier molecular flexibility index (Phi) is 5.95. The molecule has 2 aromatic carbocycles. The maximum absolute atomic E-state index is 9.86. The van der Waals surface area contributed by atoms with Crippen LogP contribution in [-0.4, -0.2) is 10.2 Å². The quantitative estimate of drug-likeness (QED) is 0.352. The summed E-state index contributed by atoms with van der Waals surface area (Å²) in [5, 5.41) is 20.3. The Hall–Kier alpha value is 0.280. The van der Waals surface area contributed by atoms with Gasteiger partial charge in [0.15, 0.2) is 0 Å². The number of hydrogen-bond donors (Lipinski definition) is 2. The van der Waals surface area contributed by atoms with E-state index < -0.39 is 0 Å². The number of phenols is 2. The molecule has 0 radical (unpaired) electrons. The van der Waals surface area contributed by atoms with Crippen LogP contribution in [-0.2, 0) is 0 Å². The van der Waals surface area contributed by atoms with Crippen LogP contribution in [0.15, 0.2) is 36.6 Å². The van der Waals surface area contributed by atoms with Crippen molar-refractivity contribution in [3.05, 3.63) is 57.8 Å². The van der Waals surface area contributed by atoms with E-state index in [0.717, 1.165) is 0 Å². The lowest BCUT2D eigenvalue weighted by atomic mass is 9.99. The van der Waals surface area contributed by atoms with E-state index in [0.29, 0.717) is 44.6 Å². The molecule has 0 bridgehead atoms. The maximum atomic E-state index is 9.86. The standard InChI is InChI=1S/C14H6Br4Cl2O2/c1-4(5-2-7(15)13(21)9(17)11(5)19)6-3-8(16)14(22)10(18)12(6)20/h2-3,21-22H,1H2. The summed E-state index contributed by atoms with van der Waals surface area (Å²) in [4.78, 5) is 0. The normalized spacial score (nSPS) is 10.8. The molecular weight excluding hydrogens is 591 g/mol. The molecule has 2 rings (SSSR count). The first-order valence-corrected chi connectivity index (χ1v) is 9.52. The Balaban J connectivity index is 2.69. The summed E-state index contributed by atoms with van der Waals surface area (Å²) >= 11 is 25.5. The van der Waals surface area contributed by atoms with Crippen LogP contribution in [0.25, 0.3) is 5.57 Å². The molecule has 116 valence electrons. The number of rotatable bonds is 2. The SMILES string of the molecule is C=C(c1cc(Br)c(O)c(Br)c1Cl)c1cc(Br)c(O)c(Br)c1Cl. The summed E-state index contributed by atoms with van der Waals surface area (Å²) in [6.07, 6.45) is 0. The van der Waals surface area contributed by atoms with Crippen LogP contribution in [0.3, 0.4) is 0 Å². The Morgan fingerprint density at radius 2 is 1.14 bits per heavy atom. The zero-order valence-corrected chi connectivity index (χ0v) is 18.4. The molecule has 0 aliphatic heterocycles. The lowest BCUT2D eigenvalue weighted by molar-refractivity contribution is 0.468. The van der Waals surface area contributed by atoms with Crippen LogP contribution in [0.1, 0.15) is 11.1 Å². The highest BCUT2D eigenvalue weighted by atomic mass is 79.9. The fourth-order valence-electron chi connectivity index (χ4n) is 1.76. The van der Waals surface area contributed by atoms with Crippen molar-refractivity contribution >= 4 is 92.5 Å². The molecule has 0 atom stereocenters. The highest BCUT2D eigenvalue weighted by Crippen LogP contribution is 2.47. The zero-order valence-electron chi connectivity index (χ0n) is 10.5. The van der Waals surface area contributed by atoms with Gasteiger partial charge in [0.1, 0.15) is 11.5 Å². The second-order valence-electron chi connectivity index (χ2n) is 4.24. The van der Waals surface area contributed by atoms with Gasteiger partial charge in [-0.25, -0.2) is 0 Å². The van der Waals surface area contributed by atoms with Crippen molar-refractivity contribution in [2.24, 2.45) is 0 Å². The predicted octanol–water partition coefficient (Wildman–Crippen LogP) is 7.52. The monoisotopic (exact) mass is 592 g/mol. The van der Waals surface area contributed by atoms with Crippen LogP contribution < -0.4 is 0 Å². The van der Waals surface area contributed by atoms with Gasteiger partial charge >= 0.3 is 0 Å². The first-order chi connectivity index (χ1) is 10.2. The zero-order chi connectivity index (χ0) is 16.8. The average Bonchev–Trinajstić information content (AvgIpc) is 2.49. The molecule has 2 nitrogen and oxygen atoms in total. The summed E-state index contributed by atoms with van der Waals surface area (Å²) in [6.45, 7) is 4.03. The topological polar surface area (TPSA) is 40.5 Å². The van der Waals surface area contributed by atoms with Crippen molar-refractivity contribution in [1.82, 2.24) is 0 Å². The maximum Gasteiger partial charge on any atom is 0.145 e. The summed E-state index contributed by atoms with van der Waals surface area (Å²) in [6, 6.07) is 3.30. The van der Waals surface area contributed by atoms with Crippen molar-refractivity contribution in [2.75, 3.05) is 0 Å². The smallest absolute Gasteiger partial charge is 0.145 e. The molecule has 0 aliphatic rings. The fourth-order valence-corrected chi connectivity index (χ4v) is 4.51. The van der Waals surface area contributed by atoms with Gasteiger partial charge in [0.2, 0.25) is 0 Å². The van der Waals surface area contributed by atoms with Crippen LogP contribution in [0.4, 0.5) is 0 Å². The molecule has 2 N–H and O–H groups in total. The molecule has 0 aliphatic carbocycles. The summed E-state index contributed by atoms with van der Waals surface area (Å²) in [7, 11) is 0. The van der Waals surface area contributed by atoms with E-state index in [1.54, 1.807) is 12.1 Å². The van der Waals surface area contributed by atoms with Gasteiger partial charge in [0, 0.05) is 11.1 Å². The van der Waals surface area contributed by atoms with E-state index in [1.807, 2.05) is 0 Å². The minimum absolute atomic E-state index is 0.000661. The number of aromatic hydroxyl groups is 2. The molecule has 22 heavy (non-hydrogen) atoms. The number of phenolic OH excluding ortho intramolecular Hbond substituents is 2. The van der Waals surface area contributed by atoms with Crippen molar-refractivity contribution in [1.29, 1.82) is 0 Å². The van der Waals surface area contributed by atoms with Crippen molar-refractivity contribution in [3.63, 3.8) is 0 Å². The van der Waals surface area contributed by atoms with E-state index >= 15 is 0 Å². The molecule has 0 fully saturated rings. The van der Waals surface area contributed by atoms with E-state index in [1.165, 1.54) is 0 Å². The van der Waals surface area contributed by atoms with Gasteiger partial charge in [-0.2, -0.15) is 0 Å². The first kappa shape index (κ1) is 18.6. The van der Waals surface area contributed by atoms with E-state index in [4.69, 9.17) is 23.2 Å². The number of halogens is 6. The van der Waals surface area contributed by atoms with E-state index in [-0.39, 0.29) is 11.5 Å². The molecule has 0 heterocycles. The minimum atomic E-state index is 0.000661. The molecule has 0 saturated carbocycles. The second-order valence-corrected chi connectivity index (χ2v) is 8.29. The largest absolute Gasteiger partial charge is 0.506 e. The van der Waals surface area contributed by atoms with Gasteiger partial charge in [-0.3, -0.25) is 0 Å². The van der Waals surface area contributed by atoms with Gasteiger partial charge in [-0.15, -0.1) is 0 Å². The summed E-state index contributed by atoms with van der Waals surface area (Å²) in [5.41, 5.74) is 1.71. The minimum Gasteiger partial charge on any atom is -0.506 e. The Morgan fingerprint density at radius 1 is 0.818 bits per heavy atom. The van der Waals surface area contributed by atoms with Gasteiger partial charge in [-0.1, -0.05) is 29.8 Å². The summed E-state index contributed by atoms with van der Waals surface area (Å²) < 4.78 is 1.64. The van der Waals surface area contributed by atoms with Crippen molar-refractivity contribution in [2.45, 2.75) is 0 Å². The highest BCUT2D eigenvalue weighted by Gasteiger charge is 2.20. The van der Waals surface area contributed by atoms with Gasteiger partial charge in [0.25, 0.3) is 0 Å². The fraction of sp³-hybridized carbons (Fsp3) is 0. The summed E-state index contributed by atoms with van der Waals surface area (Å²) in [5.74, 6) is 0.00132. The van der Waals surface area contributed by atoms with Crippen LogP contribution in [0.5, 0.6) is 11.5 Å². The van der Waals surface area contributed by atoms with Crippen molar-refractivity contribution < 1.29 is 10.2 Å². The highest BCUT2D eigenvalue weighted by molar-refractivity contribution is 9.11. The molecule has 8 heteroatoms. The molecule has 0 amide bonds. The van der Waals surface area contributed by atoms with Gasteiger partial charge in [0.05, 0.1) is 27.9 Å². The van der Waals surface area contributed by atoms with Crippen molar-refractivity contribution in [3.8, 4) is 11.5 Å². The first-order valence-electron chi connectivity index (χ1n) is 5.59. The third kappa shape index (κ3) is 3.23. The lowest BCUT2D eigenvalue weighted by Crippen LogP contribution is -1.92. The predicted molar refractivity (Wildman–Crippen MR) is 105 cm³/mol. The molecule has 0 unspecified atom stereocenters.